The Hall–Kier alpha value is -4.22. The predicted molar refractivity (Wildman–Crippen MR) is 146 cm³/mol. The molecular weight excluding hydrogens is 541 g/mol. The van der Waals surface area contributed by atoms with Gasteiger partial charge in [-0.1, -0.05) is 53.4 Å². The second-order valence-corrected chi connectivity index (χ2v) is 11.2. The van der Waals surface area contributed by atoms with E-state index >= 15 is 0 Å². The molecule has 4 aromatic rings. The first kappa shape index (κ1) is 25.1. The van der Waals surface area contributed by atoms with Crippen LogP contribution in [-0.4, -0.2) is 34.6 Å². The van der Waals surface area contributed by atoms with Crippen molar-refractivity contribution in [1.82, 2.24) is 4.98 Å². The number of nitrogens with zero attached hydrogens (tertiary/aromatic N) is 1. The van der Waals surface area contributed by atoms with Crippen molar-refractivity contribution < 1.29 is 23.5 Å². The molecule has 3 atom stereocenters. The van der Waals surface area contributed by atoms with Crippen molar-refractivity contribution in [2.45, 2.75) is 16.2 Å². The topological polar surface area (TPSA) is 109 Å². The van der Waals surface area contributed by atoms with Gasteiger partial charge in [0.25, 0.3) is 5.91 Å². The number of hydrogen-bond donors (Lipinski definition) is 2. The van der Waals surface area contributed by atoms with E-state index in [0.717, 1.165) is 11.3 Å². The van der Waals surface area contributed by atoms with Gasteiger partial charge in [-0.2, -0.15) is 0 Å². The van der Waals surface area contributed by atoms with E-state index in [4.69, 9.17) is 4.74 Å². The number of para-hydroxylation sites is 1. The number of aromatic amines is 1. The summed E-state index contributed by atoms with van der Waals surface area (Å²) >= 11 is 2.24. The second-order valence-electron chi connectivity index (χ2n) is 9.01. The Balaban J connectivity index is 1.28. The maximum Gasteiger partial charge on any atom is 0.305 e. The van der Waals surface area contributed by atoms with Gasteiger partial charge in [0.05, 0.1) is 16.6 Å². The zero-order chi connectivity index (χ0) is 27.1. The molecule has 3 unspecified atom stereocenters. The van der Waals surface area contributed by atoms with E-state index in [-0.39, 0.29) is 23.3 Å². The number of amides is 3. The predicted octanol–water partition coefficient (Wildman–Crippen LogP) is 4.39. The molecule has 8 nitrogen and oxygen atoms in total. The summed E-state index contributed by atoms with van der Waals surface area (Å²) in [5, 5.41) is 2.51. The third-order valence-electron chi connectivity index (χ3n) is 6.55. The van der Waals surface area contributed by atoms with E-state index in [0.29, 0.717) is 32.6 Å². The van der Waals surface area contributed by atoms with E-state index in [1.165, 1.54) is 40.9 Å². The van der Waals surface area contributed by atoms with E-state index in [1.807, 2.05) is 12.1 Å². The highest BCUT2D eigenvalue weighted by Gasteiger charge is 2.56. The summed E-state index contributed by atoms with van der Waals surface area (Å²) in [6, 6.07) is 21.1. The van der Waals surface area contributed by atoms with Crippen molar-refractivity contribution in [2.24, 2.45) is 5.92 Å². The summed E-state index contributed by atoms with van der Waals surface area (Å²) in [4.78, 5) is 56.3. The Labute approximate surface area is 229 Å². The third kappa shape index (κ3) is 4.75. The van der Waals surface area contributed by atoms with Crippen LogP contribution in [0, 0.1) is 11.7 Å². The van der Waals surface area contributed by atoms with Crippen molar-refractivity contribution in [2.75, 3.05) is 16.8 Å². The van der Waals surface area contributed by atoms with Crippen molar-refractivity contribution in [3.05, 3.63) is 105 Å². The number of ether oxygens (including phenoxy) is 1. The Morgan fingerprint density at radius 1 is 0.974 bits per heavy atom. The standard InChI is InChI=1S/C28H20FN3O5S2/c29-16-9-11-17(12-10-16)30-20(33)14-37-19-8-4-5-15(13-19)21-22-24(38-25-23(21)39-28(36)31-25)27(35)32(26(22)34)18-6-2-1-3-7-18/h1-13,21-22,24H,14H2,(H,30,33)(H,31,36). The van der Waals surface area contributed by atoms with E-state index in [1.54, 1.807) is 42.5 Å². The van der Waals surface area contributed by atoms with Gasteiger partial charge in [0.1, 0.15) is 16.8 Å². The van der Waals surface area contributed by atoms with Crippen molar-refractivity contribution >= 4 is 52.2 Å². The highest BCUT2D eigenvalue weighted by molar-refractivity contribution is 8.00. The van der Waals surface area contributed by atoms with Gasteiger partial charge in [0.15, 0.2) is 6.61 Å². The lowest BCUT2D eigenvalue weighted by Gasteiger charge is -2.30. The first-order chi connectivity index (χ1) is 18.9. The number of fused-ring (bicyclic) bond motifs is 2. The van der Waals surface area contributed by atoms with Crippen LogP contribution in [0.4, 0.5) is 15.8 Å². The summed E-state index contributed by atoms with van der Waals surface area (Å²) in [7, 11) is 0. The number of H-pyrrole nitrogens is 1. The number of nitrogens with one attached hydrogen (secondary N) is 2. The molecule has 196 valence electrons. The monoisotopic (exact) mass is 561 g/mol. The first-order valence-corrected chi connectivity index (χ1v) is 13.7. The van der Waals surface area contributed by atoms with Crippen LogP contribution in [0.5, 0.6) is 5.75 Å². The fraction of sp³-hybridized carbons (Fsp3) is 0.143. The molecule has 39 heavy (non-hydrogen) atoms. The normalized spacial score (nSPS) is 19.9. The number of anilines is 2. The molecule has 2 N–H and O–H groups in total. The van der Waals surface area contributed by atoms with Gasteiger partial charge >= 0.3 is 4.87 Å². The Morgan fingerprint density at radius 3 is 2.51 bits per heavy atom. The van der Waals surface area contributed by atoms with Gasteiger partial charge in [-0.25, -0.2) is 9.29 Å². The molecule has 1 aromatic heterocycles. The fourth-order valence-electron chi connectivity index (χ4n) is 4.88. The number of imide groups is 1. The summed E-state index contributed by atoms with van der Waals surface area (Å²) in [5.41, 5.74) is 1.63. The fourth-order valence-corrected chi connectivity index (χ4v) is 7.40. The van der Waals surface area contributed by atoms with Gasteiger partial charge in [0.2, 0.25) is 11.8 Å². The molecule has 1 fully saturated rings. The van der Waals surface area contributed by atoms with Crippen LogP contribution in [0.25, 0.3) is 0 Å². The van der Waals surface area contributed by atoms with Gasteiger partial charge in [-0.15, -0.1) is 0 Å². The van der Waals surface area contributed by atoms with E-state index < -0.39 is 28.8 Å². The zero-order valence-electron chi connectivity index (χ0n) is 20.1. The summed E-state index contributed by atoms with van der Waals surface area (Å²) in [6.45, 7) is -0.296. The molecule has 6 rings (SSSR count). The van der Waals surface area contributed by atoms with E-state index in [2.05, 4.69) is 10.3 Å². The van der Waals surface area contributed by atoms with Crippen LogP contribution in [-0.2, 0) is 14.4 Å². The number of carbonyl (C=O) groups excluding carboxylic acids is 3. The average Bonchev–Trinajstić information content (AvgIpc) is 3.43. The number of benzene rings is 3. The highest BCUT2D eigenvalue weighted by atomic mass is 32.2. The number of thioether (sulfide) groups is 1. The lowest BCUT2D eigenvalue weighted by Crippen LogP contribution is -2.32. The van der Waals surface area contributed by atoms with Gasteiger partial charge in [-0.05, 0) is 54.1 Å². The Kier molecular flexibility index (Phi) is 6.53. The lowest BCUT2D eigenvalue weighted by molar-refractivity contribution is -0.122. The minimum Gasteiger partial charge on any atom is -0.484 e. The molecule has 2 aliphatic rings. The summed E-state index contributed by atoms with van der Waals surface area (Å²) < 4.78 is 18.8. The molecule has 1 saturated heterocycles. The Morgan fingerprint density at radius 2 is 1.74 bits per heavy atom. The molecule has 3 amide bonds. The maximum absolute atomic E-state index is 13.7. The number of carbonyl (C=O) groups is 3. The SMILES string of the molecule is O=C(COc1cccc(C2c3sc(=O)[nH]c3SC3C(=O)N(c4ccccc4)C(=O)C32)c1)Nc1ccc(F)cc1. The summed E-state index contributed by atoms with van der Waals surface area (Å²) in [6.07, 6.45) is 0. The van der Waals surface area contributed by atoms with Gasteiger partial charge in [-0.3, -0.25) is 19.2 Å². The number of halogens is 1. The smallest absolute Gasteiger partial charge is 0.305 e. The maximum atomic E-state index is 13.7. The molecular formula is C28H20FN3O5S2. The van der Waals surface area contributed by atoms with Crippen molar-refractivity contribution in [3.63, 3.8) is 0 Å². The molecule has 2 aliphatic heterocycles. The second kappa shape index (κ2) is 10.2. The largest absolute Gasteiger partial charge is 0.484 e. The first-order valence-electron chi connectivity index (χ1n) is 12.0. The van der Waals surface area contributed by atoms with Crippen molar-refractivity contribution in [1.29, 1.82) is 0 Å². The zero-order valence-corrected chi connectivity index (χ0v) is 21.8. The van der Waals surface area contributed by atoms with Crippen LogP contribution in [0.1, 0.15) is 16.4 Å². The third-order valence-corrected chi connectivity index (χ3v) is 8.95. The Bertz CT molecular complexity index is 1640. The van der Waals surface area contributed by atoms with Gasteiger partial charge in [0, 0.05) is 16.5 Å². The van der Waals surface area contributed by atoms with Crippen LogP contribution in [0.15, 0.2) is 88.7 Å². The molecule has 0 spiro atoms. The van der Waals surface area contributed by atoms with Crippen molar-refractivity contribution in [3.8, 4) is 5.75 Å². The molecule has 0 saturated carbocycles. The van der Waals surface area contributed by atoms with Crippen LogP contribution in [0.2, 0.25) is 0 Å². The van der Waals surface area contributed by atoms with Crippen LogP contribution < -0.4 is 19.8 Å². The molecule has 11 heteroatoms. The number of aromatic nitrogens is 1. The summed E-state index contributed by atoms with van der Waals surface area (Å²) in [5.74, 6) is -2.39. The van der Waals surface area contributed by atoms with Crippen LogP contribution in [0.3, 0.4) is 0 Å². The minimum atomic E-state index is -0.723. The van der Waals surface area contributed by atoms with Crippen LogP contribution >= 0.6 is 23.1 Å². The quantitative estimate of drug-likeness (QED) is 0.338. The number of hydrogen-bond acceptors (Lipinski definition) is 7. The molecule has 3 heterocycles. The highest BCUT2D eigenvalue weighted by Crippen LogP contribution is 2.53. The molecule has 0 bridgehead atoms. The molecule has 3 aromatic carbocycles. The number of rotatable bonds is 6. The minimum absolute atomic E-state index is 0.262. The van der Waals surface area contributed by atoms with Gasteiger partial charge < -0.3 is 15.0 Å². The lowest BCUT2D eigenvalue weighted by atomic mass is 9.83. The molecule has 0 radical (unpaired) electrons. The number of thiazole rings is 1. The van der Waals surface area contributed by atoms with E-state index in [9.17, 15) is 23.6 Å². The average molecular weight is 562 g/mol. The molecule has 0 aliphatic carbocycles.